The summed E-state index contributed by atoms with van der Waals surface area (Å²) in [5.74, 6) is 1.58. The van der Waals surface area contributed by atoms with Crippen LogP contribution in [-0.2, 0) is 4.79 Å². The maximum atomic E-state index is 11.0. The summed E-state index contributed by atoms with van der Waals surface area (Å²) in [5, 5.41) is 4.77. The van der Waals surface area contributed by atoms with Gasteiger partial charge in [0.05, 0.1) is 0 Å². The number of fused-ring (bicyclic) bond motifs is 1. The Labute approximate surface area is 102 Å². The third-order valence-corrected chi connectivity index (χ3v) is 2.68. The molecule has 0 heterocycles. The standard InChI is InChI=1S/C13H8BrNO/c1-2-13(16)15-12-6-4-9-7-11(14)5-3-10(9)8-12/h1,3-8H,(H,15,16). The highest BCUT2D eigenvalue weighted by molar-refractivity contribution is 9.10. The molecule has 2 aromatic carbocycles. The Bertz CT molecular complexity index is 598. The van der Waals surface area contributed by atoms with Crippen molar-refractivity contribution in [3.63, 3.8) is 0 Å². The zero-order chi connectivity index (χ0) is 11.5. The molecule has 0 aliphatic heterocycles. The van der Waals surface area contributed by atoms with E-state index in [2.05, 4.69) is 21.2 Å². The molecule has 2 rings (SSSR count). The Morgan fingerprint density at radius 1 is 1.19 bits per heavy atom. The van der Waals surface area contributed by atoms with Crippen LogP contribution in [0.4, 0.5) is 5.69 Å². The van der Waals surface area contributed by atoms with E-state index in [4.69, 9.17) is 6.42 Å². The van der Waals surface area contributed by atoms with Gasteiger partial charge < -0.3 is 5.32 Å². The average molecular weight is 274 g/mol. The molecular weight excluding hydrogens is 266 g/mol. The van der Waals surface area contributed by atoms with Crippen molar-refractivity contribution < 1.29 is 4.79 Å². The fourth-order valence-corrected chi connectivity index (χ4v) is 1.84. The predicted molar refractivity (Wildman–Crippen MR) is 69.1 cm³/mol. The SMILES string of the molecule is C#CC(=O)Nc1ccc2cc(Br)ccc2c1. The van der Waals surface area contributed by atoms with Crippen molar-refractivity contribution in [1.82, 2.24) is 0 Å². The van der Waals surface area contributed by atoms with E-state index >= 15 is 0 Å². The van der Waals surface area contributed by atoms with Gasteiger partial charge in [0.2, 0.25) is 0 Å². The zero-order valence-electron chi connectivity index (χ0n) is 8.33. The predicted octanol–water partition coefficient (Wildman–Crippen LogP) is 3.17. The smallest absolute Gasteiger partial charge is 0.300 e. The van der Waals surface area contributed by atoms with Gasteiger partial charge in [0.15, 0.2) is 0 Å². The normalized spacial score (nSPS) is 9.75. The largest absolute Gasteiger partial charge is 0.315 e. The molecule has 0 aliphatic rings. The van der Waals surface area contributed by atoms with Gasteiger partial charge in [-0.25, -0.2) is 0 Å². The zero-order valence-corrected chi connectivity index (χ0v) is 9.91. The Kier molecular flexibility index (Phi) is 2.93. The number of terminal acetylenes is 1. The van der Waals surface area contributed by atoms with Crippen molar-refractivity contribution in [2.75, 3.05) is 5.32 Å². The van der Waals surface area contributed by atoms with Gasteiger partial charge in [-0.2, -0.15) is 0 Å². The van der Waals surface area contributed by atoms with Crippen molar-refractivity contribution in [2.45, 2.75) is 0 Å². The van der Waals surface area contributed by atoms with Crippen molar-refractivity contribution in [3.05, 3.63) is 40.9 Å². The maximum absolute atomic E-state index is 11.0. The Morgan fingerprint density at radius 2 is 1.88 bits per heavy atom. The second-order valence-corrected chi connectivity index (χ2v) is 4.22. The average Bonchev–Trinajstić information content (AvgIpc) is 2.29. The van der Waals surface area contributed by atoms with Crippen LogP contribution in [0.3, 0.4) is 0 Å². The van der Waals surface area contributed by atoms with Crippen LogP contribution >= 0.6 is 15.9 Å². The molecule has 0 fully saturated rings. The summed E-state index contributed by atoms with van der Waals surface area (Å²) >= 11 is 3.41. The van der Waals surface area contributed by atoms with Crippen molar-refractivity contribution in [1.29, 1.82) is 0 Å². The van der Waals surface area contributed by atoms with E-state index in [0.29, 0.717) is 5.69 Å². The van der Waals surface area contributed by atoms with Crippen molar-refractivity contribution >= 4 is 38.3 Å². The molecule has 1 N–H and O–H groups in total. The minimum Gasteiger partial charge on any atom is -0.315 e. The number of carbonyl (C=O) groups excluding carboxylic acids is 1. The van der Waals surface area contributed by atoms with Crippen LogP contribution in [0.15, 0.2) is 40.9 Å². The van der Waals surface area contributed by atoms with E-state index in [1.54, 1.807) is 0 Å². The third kappa shape index (κ3) is 2.23. The lowest BCUT2D eigenvalue weighted by Gasteiger charge is -2.03. The number of halogens is 1. The highest BCUT2D eigenvalue weighted by Crippen LogP contribution is 2.22. The second-order valence-electron chi connectivity index (χ2n) is 3.30. The number of hydrogen-bond donors (Lipinski definition) is 1. The Hall–Kier alpha value is -1.79. The number of rotatable bonds is 1. The van der Waals surface area contributed by atoms with E-state index in [9.17, 15) is 4.79 Å². The molecule has 0 unspecified atom stereocenters. The molecule has 0 aromatic heterocycles. The lowest BCUT2D eigenvalue weighted by atomic mass is 10.1. The molecule has 16 heavy (non-hydrogen) atoms. The maximum Gasteiger partial charge on any atom is 0.300 e. The minimum atomic E-state index is -0.434. The fourth-order valence-electron chi connectivity index (χ4n) is 1.46. The topological polar surface area (TPSA) is 29.1 Å². The highest BCUT2D eigenvalue weighted by atomic mass is 79.9. The van der Waals surface area contributed by atoms with E-state index in [0.717, 1.165) is 15.2 Å². The summed E-state index contributed by atoms with van der Waals surface area (Å²) in [4.78, 5) is 11.0. The Balaban J connectivity index is 2.41. The summed E-state index contributed by atoms with van der Waals surface area (Å²) in [5.41, 5.74) is 0.706. The van der Waals surface area contributed by atoms with E-state index in [-0.39, 0.29) is 0 Å². The molecular formula is C13H8BrNO. The van der Waals surface area contributed by atoms with E-state index in [1.807, 2.05) is 42.3 Å². The van der Waals surface area contributed by atoms with Crippen LogP contribution in [-0.4, -0.2) is 5.91 Å². The molecule has 0 radical (unpaired) electrons. The molecule has 2 aromatic rings. The number of nitrogens with one attached hydrogen (secondary N) is 1. The lowest BCUT2D eigenvalue weighted by Crippen LogP contribution is -2.07. The van der Waals surface area contributed by atoms with Crippen LogP contribution < -0.4 is 5.32 Å². The number of anilines is 1. The lowest BCUT2D eigenvalue weighted by molar-refractivity contribution is -0.111. The van der Waals surface area contributed by atoms with Gasteiger partial charge in [-0.1, -0.05) is 28.1 Å². The van der Waals surface area contributed by atoms with E-state index in [1.165, 1.54) is 0 Å². The monoisotopic (exact) mass is 273 g/mol. The molecule has 1 amide bonds. The fraction of sp³-hybridized carbons (Fsp3) is 0. The van der Waals surface area contributed by atoms with Crippen LogP contribution in [0, 0.1) is 12.3 Å². The summed E-state index contributed by atoms with van der Waals surface area (Å²) in [7, 11) is 0. The third-order valence-electron chi connectivity index (χ3n) is 2.19. The molecule has 2 nitrogen and oxygen atoms in total. The first-order chi connectivity index (χ1) is 7.69. The van der Waals surface area contributed by atoms with Gasteiger partial charge in [0.1, 0.15) is 0 Å². The Morgan fingerprint density at radius 3 is 2.62 bits per heavy atom. The molecule has 0 saturated heterocycles. The highest BCUT2D eigenvalue weighted by Gasteiger charge is 1.99. The number of carbonyl (C=O) groups is 1. The van der Waals surface area contributed by atoms with Crippen molar-refractivity contribution in [3.8, 4) is 12.3 Å². The summed E-state index contributed by atoms with van der Waals surface area (Å²) in [6, 6.07) is 11.6. The van der Waals surface area contributed by atoms with Crippen LogP contribution in [0.1, 0.15) is 0 Å². The minimum absolute atomic E-state index is 0.434. The first-order valence-electron chi connectivity index (χ1n) is 4.66. The molecule has 78 valence electrons. The molecule has 0 aliphatic carbocycles. The molecule has 3 heteroatoms. The van der Waals surface area contributed by atoms with Gasteiger partial charge >= 0.3 is 0 Å². The summed E-state index contributed by atoms with van der Waals surface area (Å²) < 4.78 is 1.03. The second kappa shape index (κ2) is 4.38. The summed E-state index contributed by atoms with van der Waals surface area (Å²) in [6.07, 6.45) is 4.98. The first-order valence-corrected chi connectivity index (χ1v) is 5.45. The first kappa shape index (κ1) is 10.7. The summed E-state index contributed by atoms with van der Waals surface area (Å²) in [6.45, 7) is 0. The molecule has 0 spiro atoms. The van der Waals surface area contributed by atoms with Crippen molar-refractivity contribution in [2.24, 2.45) is 0 Å². The molecule has 0 atom stereocenters. The van der Waals surface area contributed by atoms with Gasteiger partial charge in [0.25, 0.3) is 5.91 Å². The number of benzene rings is 2. The van der Waals surface area contributed by atoms with Gasteiger partial charge in [-0.05, 0) is 41.0 Å². The molecule has 0 bridgehead atoms. The number of hydrogen-bond acceptors (Lipinski definition) is 1. The van der Waals surface area contributed by atoms with Crippen LogP contribution in [0.5, 0.6) is 0 Å². The van der Waals surface area contributed by atoms with E-state index < -0.39 is 5.91 Å². The van der Waals surface area contributed by atoms with Crippen LogP contribution in [0.2, 0.25) is 0 Å². The van der Waals surface area contributed by atoms with Gasteiger partial charge in [-0.3, -0.25) is 4.79 Å². The van der Waals surface area contributed by atoms with Crippen LogP contribution in [0.25, 0.3) is 10.8 Å². The quantitative estimate of drug-likeness (QED) is 0.795. The number of amides is 1. The molecule has 0 saturated carbocycles. The van der Waals surface area contributed by atoms with Gasteiger partial charge in [-0.15, -0.1) is 6.42 Å². The van der Waals surface area contributed by atoms with Gasteiger partial charge in [0, 0.05) is 10.2 Å².